The van der Waals surface area contributed by atoms with Gasteiger partial charge < -0.3 is 4.90 Å². The molecule has 2 aliphatic rings. The maximum absolute atomic E-state index is 14.0. The van der Waals surface area contributed by atoms with Crippen molar-refractivity contribution in [2.45, 2.75) is 37.8 Å². The van der Waals surface area contributed by atoms with Gasteiger partial charge in [-0.05, 0) is 56.0 Å². The SMILES string of the molecule is Cn1nc2c(c1-c1cc(F)c(F)c(F)c1)C[C@H]1CCC[C@H]2N1C(=O)c1ccc2nccnc2c1. The molecule has 2 bridgehead atoms. The van der Waals surface area contributed by atoms with E-state index < -0.39 is 17.5 Å². The number of carbonyl (C=O) groups excluding carboxylic acids is 1. The highest BCUT2D eigenvalue weighted by atomic mass is 19.2. The Morgan fingerprint density at radius 3 is 2.50 bits per heavy atom. The first-order valence-corrected chi connectivity index (χ1v) is 11.2. The Balaban J connectivity index is 1.42. The number of hydrogen-bond acceptors (Lipinski definition) is 4. The van der Waals surface area contributed by atoms with Crippen LogP contribution in [0.3, 0.4) is 0 Å². The van der Waals surface area contributed by atoms with Crippen LogP contribution in [0.2, 0.25) is 0 Å². The van der Waals surface area contributed by atoms with Gasteiger partial charge in [-0.1, -0.05) is 0 Å². The van der Waals surface area contributed by atoms with E-state index in [0.29, 0.717) is 28.7 Å². The second-order valence-electron chi connectivity index (χ2n) is 8.87. The van der Waals surface area contributed by atoms with Crippen LogP contribution in [-0.4, -0.2) is 36.6 Å². The fourth-order valence-corrected chi connectivity index (χ4v) is 5.45. The van der Waals surface area contributed by atoms with Crippen molar-refractivity contribution >= 4 is 16.9 Å². The summed E-state index contributed by atoms with van der Waals surface area (Å²) in [7, 11) is 1.70. The molecule has 1 amide bonds. The van der Waals surface area contributed by atoms with Crippen molar-refractivity contribution in [3.8, 4) is 11.3 Å². The summed E-state index contributed by atoms with van der Waals surface area (Å²) in [6.07, 6.45) is 6.22. The van der Waals surface area contributed by atoms with Crippen LogP contribution in [0.4, 0.5) is 13.2 Å². The maximum Gasteiger partial charge on any atom is 0.254 e. The molecular formula is C25H20F3N5O. The lowest BCUT2D eigenvalue weighted by atomic mass is 9.81. The number of halogens is 3. The fraction of sp³-hybridized carbons (Fsp3) is 0.280. The third-order valence-electron chi connectivity index (χ3n) is 6.88. The zero-order valence-corrected chi connectivity index (χ0v) is 18.3. The number of carbonyl (C=O) groups is 1. The molecule has 2 aromatic heterocycles. The molecular weight excluding hydrogens is 443 g/mol. The van der Waals surface area contributed by atoms with Crippen LogP contribution in [0.1, 0.15) is 46.9 Å². The average molecular weight is 463 g/mol. The first-order chi connectivity index (χ1) is 16.4. The molecule has 1 saturated heterocycles. The highest BCUT2D eigenvalue weighted by molar-refractivity contribution is 5.98. The maximum atomic E-state index is 14.0. The number of piperidine rings is 1. The van der Waals surface area contributed by atoms with E-state index in [1.807, 2.05) is 4.90 Å². The Kier molecular flexibility index (Phi) is 4.68. The topological polar surface area (TPSA) is 63.9 Å². The highest BCUT2D eigenvalue weighted by Crippen LogP contribution is 2.45. The number of aryl methyl sites for hydroxylation is 1. The Labute approximate surface area is 193 Å². The predicted octanol–water partition coefficient (Wildman–Crippen LogP) is 4.74. The van der Waals surface area contributed by atoms with Crippen molar-refractivity contribution in [1.29, 1.82) is 0 Å². The van der Waals surface area contributed by atoms with Gasteiger partial charge in [0.1, 0.15) is 0 Å². The molecule has 1 fully saturated rings. The molecule has 34 heavy (non-hydrogen) atoms. The number of fused-ring (bicyclic) bond motifs is 5. The van der Waals surface area contributed by atoms with Crippen LogP contribution in [0, 0.1) is 17.5 Å². The average Bonchev–Trinajstić information content (AvgIpc) is 3.16. The predicted molar refractivity (Wildman–Crippen MR) is 118 cm³/mol. The second kappa shape index (κ2) is 7.65. The van der Waals surface area contributed by atoms with Crippen LogP contribution in [-0.2, 0) is 13.5 Å². The first kappa shape index (κ1) is 20.8. The van der Waals surface area contributed by atoms with Gasteiger partial charge in [0.05, 0.1) is 28.5 Å². The van der Waals surface area contributed by atoms with Crippen LogP contribution in [0.25, 0.3) is 22.3 Å². The van der Waals surface area contributed by atoms with Crippen LogP contribution in [0.15, 0.2) is 42.7 Å². The number of amides is 1. The van der Waals surface area contributed by atoms with Crippen molar-refractivity contribution in [2.24, 2.45) is 7.05 Å². The van der Waals surface area contributed by atoms with Gasteiger partial charge in [-0.2, -0.15) is 5.10 Å². The zero-order chi connectivity index (χ0) is 23.6. The number of aromatic nitrogens is 4. The summed E-state index contributed by atoms with van der Waals surface area (Å²) in [5.74, 6) is -4.07. The van der Waals surface area contributed by atoms with Gasteiger partial charge >= 0.3 is 0 Å². The Morgan fingerprint density at radius 2 is 1.74 bits per heavy atom. The Morgan fingerprint density at radius 1 is 1.00 bits per heavy atom. The lowest BCUT2D eigenvalue weighted by Gasteiger charge is -2.45. The Bertz CT molecular complexity index is 1440. The van der Waals surface area contributed by atoms with Gasteiger partial charge in [-0.25, -0.2) is 13.2 Å². The van der Waals surface area contributed by atoms with E-state index >= 15 is 0 Å². The lowest BCUT2D eigenvalue weighted by Crippen LogP contribution is -2.49. The number of nitrogens with zero attached hydrogens (tertiary/aromatic N) is 5. The molecule has 9 heteroatoms. The van der Waals surface area contributed by atoms with Crippen LogP contribution >= 0.6 is 0 Å². The minimum atomic E-state index is -1.49. The third-order valence-corrected chi connectivity index (χ3v) is 6.88. The molecule has 0 saturated carbocycles. The summed E-state index contributed by atoms with van der Waals surface area (Å²) in [6, 6.07) is 6.98. The monoisotopic (exact) mass is 463 g/mol. The largest absolute Gasteiger partial charge is 0.327 e. The summed E-state index contributed by atoms with van der Waals surface area (Å²) < 4.78 is 43.1. The first-order valence-electron chi connectivity index (χ1n) is 11.2. The summed E-state index contributed by atoms with van der Waals surface area (Å²) >= 11 is 0. The van der Waals surface area contributed by atoms with Crippen molar-refractivity contribution in [2.75, 3.05) is 0 Å². The van der Waals surface area contributed by atoms with Gasteiger partial charge in [0.2, 0.25) is 0 Å². The van der Waals surface area contributed by atoms with E-state index in [0.717, 1.165) is 42.7 Å². The molecule has 0 N–H and O–H groups in total. The molecule has 172 valence electrons. The molecule has 6 rings (SSSR count). The van der Waals surface area contributed by atoms with E-state index in [4.69, 9.17) is 0 Å². The zero-order valence-electron chi connectivity index (χ0n) is 18.3. The minimum Gasteiger partial charge on any atom is -0.327 e. The summed E-state index contributed by atoms with van der Waals surface area (Å²) in [5.41, 5.74) is 4.28. The molecule has 2 aromatic carbocycles. The standard InChI is InChI=1S/C25H20F3N5O/c1-32-24(14-9-17(26)22(28)18(27)10-14)16-12-15-3-2-4-21(23(16)31-32)33(15)25(34)13-5-6-19-20(11-13)30-8-7-29-19/h5-11,15,21H,2-4,12H2,1H3/t15-,21-/m1/s1. The third kappa shape index (κ3) is 3.10. The molecule has 2 aliphatic heterocycles. The van der Waals surface area contributed by atoms with Gasteiger partial charge in [0, 0.05) is 42.2 Å². The number of benzene rings is 2. The molecule has 0 unspecified atom stereocenters. The second-order valence-corrected chi connectivity index (χ2v) is 8.87. The van der Waals surface area contributed by atoms with E-state index in [1.54, 1.807) is 42.3 Å². The number of rotatable bonds is 2. The summed E-state index contributed by atoms with van der Waals surface area (Å²) in [4.78, 5) is 24.1. The normalized spacial score (nSPS) is 19.4. The van der Waals surface area contributed by atoms with Crippen LogP contribution < -0.4 is 0 Å². The van der Waals surface area contributed by atoms with Gasteiger partial charge in [0.15, 0.2) is 17.5 Å². The lowest BCUT2D eigenvalue weighted by molar-refractivity contribution is 0.0392. The molecule has 4 heterocycles. The Hall–Kier alpha value is -3.75. The highest BCUT2D eigenvalue weighted by Gasteiger charge is 2.43. The molecule has 0 aliphatic carbocycles. The minimum absolute atomic E-state index is 0.0746. The molecule has 0 spiro atoms. The number of hydrogen-bond donors (Lipinski definition) is 0. The molecule has 2 atom stereocenters. The van der Waals surface area contributed by atoms with Gasteiger partial charge in [-0.3, -0.25) is 19.4 Å². The van der Waals surface area contributed by atoms with E-state index in [1.165, 1.54) is 0 Å². The van der Waals surface area contributed by atoms with E-state index in [9.17, 15) is 18.0 Å². The fourth-order valence-electron chi connectivity index (χ4n) is 5.45. The molecule has 6 nitrogen and oxygen atoms in total. The molecule has 0 radical (unpaired) electrons. The molecule has 4 aromatic rings. The van der Waals surface area contributed by atoms with Crippen LogP contribution in [0.5, 0.6) is 0 Å². The van der Waals surface area contributed by atoms with Crippen molar-refractivity contribution in [1.82, 2.24) is 24.6 Å². The van der Waals surface area contributed by atoms with Crippen molar-refractivity contribution in [3.63, 3.8) is 0 Å². The summed E-state index contributed by atoms with van der Waals surface area (Å²) in [6.45, 7) is 0. The smallest absolute Gasteiger partial charge is 0.254 e. The van der Waals surface area contributed by atoms with Crippen molar-refractivity contribution < 1.29 is 18.0 Å². The summed E-state index contributed by atoms with van der Waals surface area (Å²) in [5, 5.41) is 4.67. The van der Waals surface area contributed by atoms with Crippen molar-refractivity contribution in [3.05, 3.63) is 77.0 Å². The van der Waals surface area contributed by atoms with Gasteiger partial charge in [-0.15, -0.1) is 0 Å². The quantitative estimate of drug-likeness (QED) is 0.403. The van der Waals surface area contributed by atoms with Gasteiger partial charge in [0.25, 0.3) is 5.91 Å². The van der Waals surface area contributed by atoms with E-state index in [-0.39, 0.29) is 23.6 Å². The van der Waals surface area contributed by atoms with E-state index in [2.05, 4.69) is 15.1 Å².